The second-order valence-electron chi connectivity index (χ2n) is 15.9. The summed E-state index contributed by atoms with van der Waals surface area (Å²) >= 11 is 0. The van der Waals surface area contributed by atoms with Crippen molar-refractivity contribution >= 4 is 55.9 Å². The zero-order chi connectivity index (χ0) is 42.7. The number of fused-ring (bicyclic) bond motifs is 2. The van der Waals surface area contributed by atoms with Crippen molar-refractivity contribution in [1.82, 2.24) is 9.97 Å². The SMILES string of the molecule is c1ccc(-c2ccc(N(c3ccccc3)c3ccc(-c4nc5cc6ccccc6cc5nc4-c4ccc(N(c5ccccc5)c5ccc(-c6ccccc6)cc5)cc4)cc3)cc2)cc1. The van der Waals surface area contributed by atoms with Crippen molar-refractivity contribution in [3.63, 3.8) is 0 Å². The molecule has 0 saturated carbocycles. The molecule has 0 amide bonds. The van der Waals surface area contributed by atoms with Gasteiger partial charge in [0.25, 0.3) is 0 Å². The number of para-hydroxylation sites is 2. The van der Waals surface area contributed by atoms with Gasteiger partial charge in [0.05, 0.1) is 22.4 Å². The molecule has 4 nitrogen and oxygen atoms in total. The first-order chi connectivity index (χ1) is 31.7. The van der Waals surface area contributed by atoms with Crippen molar-refractivity contribution in [2.75, 3.05) is 9.80 Å². The van der Waals surface area contributed by atoms with Gasteiger partial charge in [-0.3, -0.25) is 0 Å². The van der Waals surface area contributed by atoms with Crippen molar-refractivity contribution in [2.45, 2.75) is 0 Å². The summed E-state index contributed by atoms with van der Waals surface area (Å²) in [5.74, 6) is 0. The molecule has 0 atom stereocenters. The van der Waals surface area contributed by atoms with Crippen LogP contribution in [0.3, 0.4) is 0 Å². The molecule has 0 spiro atoms. The minimum atomic E-state index is 0.831. The van der Waals surface area contributed by atoms with E-state index in [2.05, 4.69) is 265 Å². The molecule has 0 bridgehead atoms. The van der Waals surface area contributed by atoms with Gasteiger partial charge in [-0.25, -0.2) is 9.97 Å². The fourth-order valence-electron chi connectivity index (χ4n) is 8.60. The molecule has 0 saturated heterocycles. The quantitative estimate of drug-likeness (QED) is 0.129. The normalized spacial score (nSPS) is 11.1. The molecule has 302 valence electrons. The van der Waals surface area contributed by atoms with Gasteiger partial charge >= 0.3 is 0 Å². The highest BCUT2D eigenvalue weighted by molar-refractivity contribution is 5.97. The van der Waals surface area contributed by atoms with Crippen LogP contribution >= 0.6 is 0 Å². The van der Waals surface area contributed by atoms with Crippen LogP contribution in [0, 0.1) is 0 Å². The summed E-state index contributed by atoms with van der Waals surface area (Å²) in [6.45, 7) is 0. The van der Waals surface area contributed by atoms with Crippen LogP contribution < -0.4 is 9.80 Å². The van der Waals surface area contributed by atoms with Crippen LogP contribution in [0.5, 0.6) is 0 Å². The topological polar surface area (TPSA) is 32.3 Å². The van der Waals surface area contributed by atoms with E-state index in [0.717, 1.165) is 78.4 Å². The molecule has 1 aromatic heterocycles. The molecule has 0 aliphatic heterocycles. The highest BCUT2D eigenvalue weighted by Gasteiger charge is 2.19. The maximum absolute atomic E-state index is 5.40. The Morgan fingerprint density at radius 1 is 0.219 bits per heavy atom. The lowest BCUT2D eigenvalue weighted by Gasteiger charge is -2.26. The van der Waals surface area contributed by atoms with Gasteiger partial charge < -0.3 is 9.80 Å². The Hall–Kier alpha value is -8.60. The van der Waals surface area contributed by atoms with E-state index in [1.165, 1.54) is 22.3 Å². The summed E-state index contributed by atoms with van der Waals surface area (Å²) in [7, 11) is 0. The van der Waals surface area contributed by atoms with Gasteiger partial charge in [0.1, 0.15) is 0 Å². The summed E-state index contributed by atoms with van der Waals surface area (Å²) in [6, 6.07) is 89.8. The molecule has 10 aromatic carbocycles. The van der Waals surface area contributed by atoms with Crippen molar-refractivity contribution in [3.8, 4) is 44.8 Å². The molecular formula is C60H42N4. The Labute approximate surface area is 373 Å². The maximum Gasteiger partial charge on any atom is 0.0973 e. The molecule has 64 heavy (non-hydrogen) atoms. The lowest BCUT2D eigenvalue weighted by molar-refractivity contribution is 1.27. The molecule has 11 aromatic rings. The van der Waals surface area contributed by atoms with E-state index in [1.807, 2.05) is 0 Å². The van der Waals surface area contributed by atoms with E-state index in [0.29, 0.717) is 0 Å². The predicted molar refractivity (Wildman–Crippen MR) is 268 cm³/mol. The predicted octanol–water partition coefficient (Wildman–Crippen LogP) is 16.4. The number of rotatable bonds is 10. The van der Waals surface area contributed by atoms with Crippen LogP contribution in [0.25, 0.3) is 66.6 Å². The Bertz CT molecular complexity index is 3090. The zero-order valence-electron chi connectivity index (χ0n) is 35.0. The number of aromatic nitrogens is 2. The van der Waals surface area contributed by atoms with Gasteiger partial charge in [-0.2, -0.15) is 0 Å². The fourth-order valence-corrected chi connectivity index (χ4v) is 8.60. The summed E-state index contributed by atoms with van der Waals surface area (Å²) in [6.07, 6.45) is 0. The van der Waals surface area contributed by atoms with Crippen LogP contribution in [0.1, 0.15) is 0 Å². The third-order valence-electron chi connectivity index (χ3n) is 11.8. The van der Waals surface area contributed by atoms with Gasteiger partial charge in [-0.1, -0.05) is 170 Å². The van der Waals surface area contributed by atoms with Gasteiger partial charge in [0.2, 0.25) is 0 Å². The Morgan fingerprint density at radius 2 is 0.469 bits per heavy atom. The molecule has 0 unspecified atom stereocenters. The average Bonchev–Trinajstić information content (AvgIpc) is 3.37. The van der Waals surface area contributed by atoms with E-state index in [9.17, 15) is 0 Å². The molecular weight excluding hydrogens is 777 g/mol. The molecule has 1 heterocycles. The smallest absolute Gasteiger partial charge is 0.0973 e. The highest BCUT2D eigenvalue weighted by atomic mass is 15.1. The first-order valence-electron chi connectivity index (χ1n) is 21.6. The molecule has 0 fully saturated rings. The van der Waals surface area contributed by atoms with E-state index in [-0.39, 0.29) is 0 Å². The van der Waals surface area contributed by atoms with Crippen molar-refractivity contribution in [3.05, 3.63) is 255 Å². The average molecular weight is 819 g/mol. The van der Waals surface area contributed by atoms with Crippen LogP contribution in [0.4, 0.5) is 34.1 Å². The second-order valence-corrected chi connectivity index (χ2v) is 15.9. The van der Waals surface area contributed by atoms with Gasteiger partial charge in [-0.15, -0.1) is 0 Å². The Kier molecular flexibility index (Phi) is 10.2. The largest absolute Gasteiger partial charge is 0.311 e. The van der Waals surface area contributed by atoms with E-state index in [1.54, 1.807) is 0 Å². The lowest BCUT2D eigenvalue weighted by Crippen LogP contribution is -2.10. The van der Waals surface area contributed by atoms with E-state index < -0.39 is 0 Å². The van der Waals surface area contributed by atoms with Gasteiger partial charge in [0.15, 0.2) is 0 Å². The number of benzene rings is 10. The Balaban J connectivity index is 0.987. The molecule has 4 heteroatoms. The molecule has 0 radical (unpaired) electrons. The minimum absolute atomic E-state index is 0.831. The minimum Gasteiger partial charge on any atom is -0.311 e. The molecule has 0 aliphatic carbocycles. The van der Waals surface area contributed by atoms with Crippen LogP contribution in [0.2, 0.25) is 0 Å². The molecule has 11 rings (SSSR count). The summed E-state index contributed by atoms with van der Waals surface area (Å²) < 4.78 is 0. The number of hydrogen-bond acceptors (Lipinski definition) is 4. The number of hydrogen-bond donors (Lipinski definition) is 0. The monoisotopic (exact) mass is 818 g/mol. The van der Waals surface area contributed by atoms with Crippen molar-refractivity contribution in [2.24, 2.45) is 0 Å². The summed E-state index contributed by atoms with van der Waals surface area (Å²) in [5, 5.41) is 2.27. The lowest BCUT2D eigenvalue weighted by atomic mass is 10.0. The van der Waals surface area contributed by atoms with Crippen molar-refractivity contribution in [1.29, 1.82) is 0 Å². The molecule has 0 N–H and O–H groups in total. The highest BCUT2D eigenvalue weighted by Crippen LogP contribution is 2.40. The second kappa shape index (κ2) is 17.0. The molecule has 0 aliphatic rings. The summed E-state index contributed by atoms with van der Waals surface area (Å²) in [4.78, 5) is 15.4. The Morgan fingerprint density at radius 3 is 0.797 bits per heavy atom. The van der Waals surface area contributed by atoms with Crippen LogP contribution in [0.15, 0.2) is 255 Å². The maximum atomic E-state index is 5.40. The first-order valence-corrected chi connectivity index (χ1v) is 21.6. The van der Waals surface area contributed by atoms with Crippen LogP contribution in [-0.4, -0.2) is 9.97 Å². The third-order valence-corrected chi connectivity index (χ3v) is 11.8. The number of anilines is 6. The number of nitrogens with zero attached hydrogens (tertiary/aromatic N) is 4. The van der Waals surface area contributed by atoms with E-state index >= 15 is 0 Å². The van der Waals surface area contributed by atoms with Gasteiger partial charge in [-0.05, 0) is 118 Å². The van der Waals surface area contributed by atoms with Gasteiger partial charge in [0, 0.05) is 45.3 Å². The van der Waals surface area contributed by atoms with Crippen LogP contribution in [-0.2, 0) is 0 Å². The summed E-state index contributed by atoms with van der Waals surface area (Å²) in [5.41, 5.74) is 16.5. The fraction of sp³-hybridized carbons (Fsp3) is 0. The first kappa shape index (κ1) is 38.3. The zero-order valence-corrected chi connectivity index (χ0v) is 35.0. The standard InChI is InChI=1S/C60H42N4/c1-5-15-43(16-6-1)45-25-33-53(34-26-45)63(51-21-9-3-10-22-51)55-37-29-47(30-38-55)59-60(62-58-42-50-20-14-13-19-49(50)41-57(58)61-59)48-31-39-56(40-32-48)64(52-23-11-4-12-24-52)54-35-27-46(28-36-54)44-17-7-2-8-18-44/h1-42H. The van der Waals surface area contributed by atoms with E-state index in [4.69, 9.17) is 9.97 Å². The third kappa shape index (κ3) is 7.65. The van der Waals surface area contributed by atoms with Crippen molar-refractivity contribution < 1.29 is 0 Å².